The van der Waals surface area contributed by atoms with Crippen LogP contribution >= 0.6 is 11.6 Å². The van der Waals surface area contributed by atoms with E-state index in [1.165, 1.54) is 6.42 Å². The lowest BCUT2D eigenvalue weighted by molar-refractivity contribution is 0.0726. The van der Waals surface area contributed by atoms with E-state index in [9.17, 15) is 4.79 Å². The number of aryl methyl sites for hydroxylation is 1. The smallest absolute Gasteiger partial charge is 0.254 e. The summed E-state index contributed by atoms with van der Waals surface area (Å²) in [5, 5.41) is 6.27. The number of piperidine rings is 1. The van der Waals surface area contributed by atoms with Crippen LogP contribution in [0.5, 0.6) is 0 Å². The van der Waals surface area contributed by atoms with Crippen molar-refractivity contribution >= 4 is 39.7 Å². The molecule has 1 heterocycles. The van der Waals surface area contributed by atoms with Crippen LogP contribution in [0.4, 0.5) is 11.4 Å². The Labute approximate surface area is 164 Å². The first-order valence-corrected chi connectivity index (χ1v) is 9.85. The molecule has 4 heteroatoms. The molecule has 27 heavy (non-hydrogen) atoms. The quantitative estimate of drug-likeness (QED) is 0.590. The molecule has 3 aromatic carbocycles. The van der Waals surface area contributed by atoms with E-state index in [0.717, 1.165) is 59.2 Å². The summed E-state index contributed by atoms with van der Waals surface area (Å²) in [7, 11) is 0. The van der Waals surface area contributed by atoms with E-state index in [1.54, 1.807) is 0 Å². The molecular weight excluding hydrogens is 356 g/mol. The average Bonchev–Trinajstić information content (AvgIpc) is 2.70. The Balaban J connectivity index is 1.76. The number of fused-ring (bicyclic) bond motifs is 1. The molecule has 1 amide bonds. The van der Waals surface area contributed by atoms with Gasteiger partial charge in [0.1, 0.15) is 0 Å². The van der Waals surface area contributed by atoms with Crippen molar-refractivity contribution in [1.82, 2.24) is 4.90 Å². The maximum Gasteiger partial charge on any atom is 0.254 e. The van der Waals surface area contributed by atoms with Crippen LogP contribution in [0.1, 0.15) is 35.2 Å². The highest BCUT2D eigenvalue weighted by atomic mass is 35.5. The number of rotatable bonds is 3. The Bertz CT molecular complexity index is 976. The summed E-state index contributed by atoms with van der Waals surface area (Å²) in [6.07, 6.45) is 3.41. The summed E-state index contributed by atoms with van der Waals surface area (Å²) in [5.41, 5.74) is 3.88. The number of carbonyl (C=O) groups is 1. The van der Waals surface area contributed by atoms with Crippen LogP contribution in [0.25, 0.3) is 10.8 Å². The second-order valence-electron chi connectivity index (χ2n) is 7.14. The van der Waals surface area contributed by atoms with Crippen LogP contribution in [0.3, 0.4) is 0 Å². The lowest BCUT2D eigenvalue weighted by atomic mass is 9.97. The van der Waals surface area contributed by atoms with Crippen molar-refractivity contribution in [2.75, 3.05) is 18.4 Å². The molecule has 0 unspecified atom stereocenters. The van der Waals surface area contributed by atoms with Gasteiger partial charge in [-0.05, 0) is 73.5 Å². The molecule has 0 spiro atoms. The van der Waals surface area contributed by atoms with E-state index in [1.807, 2.05) is 47.4 Å². The number of benzene rings is 3. The summed E-state index contributed by atoms with van der Waals surface area (Å²) in [5.74, 6) is 0.145. The zero-order chi connectivity index (χ0) is 18.8. The first kappa shape index (κ1) is 17.9. The number of hydrogen-bond acceptors (Lipinski definition) is 2. The van der Waals surface area contributed by atoms with Gasteiger partial charge in [-0.3, -0.25) is 4.79 Å². The molecule has 1 aliphatic heterocycles. The third-order valence-corrected chi connectivity index (χ3v) is 5.50. The molecule has 0 aliphatic carbocycles. The number of nitrogens with zero attached hydrogens (tertiary/aromatic N) is 1. The monoisotopic (exact) mass is 378 g/mol. The van der Waals surface area contributed by atoms with E-state index in [2.05, 4.69) is 24.4 Å². The second kappa shape index (κ2) is 7.61. The van der Waals surface area contributed by atoms with Crippen molar-refractivity contribution in [3.63, 3.8) is 0 Å². The molecule has 3 aromatic rings. The van der Waals surface area contributed by atoms with Crippen molar-refractivity contribution in [3.8, 4) is 0 Å². The first-order valence-electron chi connectivity index (χ1n) is 9.48. The third-order valence-electron chi connectivity index (χ3n) is 5.25. The molecule has 0 aromatic heterocycles. The number of amides is 1. The highest BCUT2D eigenvalue weighted by molar-refractivity contribution is 6.30. The average molecular weight is 379 g/mol. The van der Waals surface area contributed by atoms with Gasteiger partial charge in [-0.25, -0.2) is 0 Å². The van der Waals surface area contributed by atoms with Crippen LogP contribution in [0.2, 0.25) is 5.02 Å². The molecule has 1 N–H and O–H groups in total. The van der Waals surface area contributed by atoms with E-state index < -0.39 is 0 Å². The van der Waals surface area contributed by atoms with Crippen molar-refractivity contribution in [3.05, 3.63) is 70.7 Å². The molecule has 138 valence electrons. The zero-order valence-electron chi connectivity index (χ0n) is 15.5. The highest BCUT2D eigenvalue weighted by Gasteiger charge is 2.21. The van der Waals surface area contributed by atoms with Gasteiger partial charge in [0.05, 0.1) is 0 Å². The number of likely N-dealkylation sites (tertiary alicyclic amines) is 1. The third kappa shape index (κ3) is 3.65. The van der Waals surface area contributed by atoms with Gasteiger partial charge in [-0.1, -0.05) is 29.8 Å². The Morgan fingerprint density at radius 2 is 1.70 bits per heavy atom. The number of anilines is 2. The predicted octanol–water partition coefficient (Wildman–Crippen LogP) is 6.17. The van der Waals surface area contributed by atoms with Crippen molar-refractivity contribution in [2.24, 2.45) is 0 Å². The van der Waals surface area contributed by atoms with Crippen LogP contribution in [0.15, 0.2) is 54.6 Å². The number of carbonyl (C=O) groups excluding carboxylic acids is 1. The second-order valence-corrected chi connectivity index (χ2v) is 7.58. The minimum absolute atomic E-state index is 0.145. The summed E-state index contributed by atoms with van der Waals surface area (Å²) in [4.78, 5) is 15.2. The van der Waals surface area contributed by atoms with Crippen molar-refractivity contribution in [2.45, 2.75) is 26.2 Å². The maximum atomic E-state index is 13.2. The Kier molecular flexibility index (Phi) is 5.04. The van der Waals surface area contributed by atoms with Gasteiger partial charge in [-0.2, -0.15) is 0 Å². The lowest BCUT2D eigenvalue weighted by Gasteiger charge is -2.27. The molecule has 3 nitrogen and oxygen atoms in total. The van der Waals surface area contributed by atoms with Gasteiger partial charge in [0.15, 0.2) is 0 Å². The molecule has 0 atom stereocenters. The van der Waals surface area contributed by atoms with Crippen LogP contribution < -0.4 is 5.32 Å². The number of nitrogens with one attached hydrogen (secondary N) is 1. The minimum Gasteiger partial charge on any atom is -0.355 e. The van der Waals surface area contributed by atoms with E-state index in [0.29, 0.717) is 5.02 Å². The molecule has 1 aliphatic rings. The van der Waals surface area contributed by atoms with Crippen LogP contribution in [-0.2, 0) is 0 Å². The van der Waals surface area contributed by atoms with Crippen LogP contribution in [0, 0.1) is 6.92 Å². The minimum atomic E-state index is 0.145. The van der Waals surface area contributed by atoms with E-state index >= 15 is 0 Å². The normalized spacial score (nSPS) is 14.4. The Morgan fingerprint density at radius 1 is 0.963 bits per heavy atom. The Morgan fingerprint density at radius 3 is 2.44 bits per heavy atom. The lowest BCUT2D eigenvalue weighted by Crippen LogP contribution is -2.35. The fourth-order valence-electron chi connectivity index (χ4n) is 3.83. The summed E-state index contributed by atoms with van der Waals surface area (Å²) in [6.45, 7) is 3.79. The standard InChI is InChI=1S/C23H23ClN2O/c1-16-6-5-7-19-21(25-18-10-8-17(24)9-11-18)13-12-20(22(16)19)23(27)26-14-3-2-4-15-26/h5-13,25H,2-4,14-15H2,1H3. The largest absolute Gasteiger partial charge is 0.355 e. The number of hydrogen-bond donors (Lipinski definition) is 1. The van der Waals surface area contributed by atoms with Gasteiger partial charge < -0.3 is 10.2 Å². The van der Waals surface area contributed by atoms with Gasteiger partial charge in [0.2, 0.25) is 0 Å². The van der Waals surface area contributed by atoms with E-state index in [4.69, 9.17) is 11.6 Å². The SMILES string of the molecule is Cc1cccc2c(Nc3ccc(Cl)cc3)ccc(C(=O)N3CCCCC3)c12. The predicted molar refractivity (Wildman–Crippen MR) is 113 cm³/mol. The Hall–Kier alpha value is -2.52. The molecule has 0 saturated carbocycles. The molecule has 4 rings (SSSR count). The fraction of sp³-hybridized carbons (Fsp3) is 0.261. The van der Waals surface area contributed by atoms with Crippen molar-refractivity contribution in [1.29, 1.82) is 0 Å². The highest BCUT2D eigenvalue weighted by Crippen LogP contribution is 2.32. The van der Waals surface area contributed by atoms with Gasteiger partial charge >= 0.3 is 0 Å². The van der Waals surface area contributed by atoms with E-state index in [-0.39, 0.29) is 5.91 Å². The van der Waals surface area contributed by atoms with Crippen molar-refractivity contribution < 1.29 is 4.79 Å². The number of halogens is 1. The summed E-state index contributed by atoms with van der Waals surface area (Å²) >= 11 is 5.99. The molecule has 0 bridgehead atoms. The molecule has 1 saturated heterocycles. The zero-order valence-corrected chi connectivity index (χ0v) is 16.2. The molecular formula is C23H23ClN2O. The molecule has 0 radical (unpaired) electrons. The van der Waals surface area contributed by atoms with Gasteiger partial charge in [-0.15, -0.1) is 0 Å². The van der Waals surface area contributed by atoms with Gasteiger partial charge in [0, 0.05) is 40.4 Å². The molecule has 1 fully saturated rings. The van der Waals surface area contributed by atoms with Gasteiger partial charge in [0.25, 0.3) is 5.91 Å². The first-order chi connectivity index (χ1) is 13.1. The maximum absolute atomic E-state index is 13.2. The summed E-state index contributed by atoms with van der Waals surface area (Å²) in [6, 6.07) is 17.8. The van der Waals surface area contributed by atoms with Crippen LogP contribution in [-0.4, -0.2) is 23.9 Å². The topological polar surface area (TPSA) is 32.3 Å². The summed E-state index contributed by atoms with van der Waals surface area (Å²) < 4.78 is 0. The fourth-order valence-corrected chi connectivity index (χ4v) is 3.96.